The van der Waals surface area contributed by atoms with E-state index in [1.54, 1.807) is 22.6 Å². The van der Waals surface area contributed by atoms with Crippen molar-refractivity contribution in [2.45, 2.75) is 3.92 Å². The molecule has 0 heterocycles. The van der Waals surface area contributed by atoms with Gasteiger partial charge in [0.25, 0.3) is 0 Å². The maximum absolute atomic E-state index is 10.6. The second-order valence-electron chi connectivity index (χ2n) is 2.63. The van der Waals surface area contributed by atoms with E-state index in [-0.39, 0.29) is 5.56 Å². The lowest BCUT2D eigenvalue weighted by Gasteiger charge is -2.04. The van der Waals surface area contributed by atoms with Crippen molar-refractivity contribution in [2.24, 2.45) is 0 Å². The number of hydrogen-bond donors (Lipinski definition) is 2. The lowest BCUT2D eigenvalue weighted by molar-refractivity contribution is -0.136. The van der Waals surface area contributed by atoms with E-state index < -0.39 is 15.9 Å². The van der Waals surface area contributed by atoms with Crippen LogP contribution in [0.2, 0.25) is 0 Å². The number of carboxylic acid groups (broad SMARTS) is 2. The molecule has 0 amide bonds. The summed E-state index contributed by atoms with van der Waals surface area (Å²) in [7, 11) is 0. The van der Waals surface area contributed by atoms with Gasteiger partial charge in [-0.1, -0.05) is 34.7 Å². The third-order valence-electron chi connectivity index (χ3n) is 1.67. The second kappa shape index (κ2) is 4.41. The van der Waals surface area contributed by atoms with Crippen LogP contribution in [-0.2, 0) is 4.79 Å². The van der Waals surface area contributed by atoms with E-state index in [0.29, 0.717) is 5.56 Å². The third-order valence-corrected chi connectivity index (χ3v) is 2.92. The zero-order chi connectivity index (χ0) is 10.7. The Bertz CT molecular complexity index is 358. The molecule has 74 valence electrons. The number of carboxylic acids is 2. The molecule has 0 saturated heterocycles. The quantitative estimate of drug-likeness (QED) is 0.661. The molecule has 1 atom stereocenters. The SMILES string of the molecule is O=C(O)c1ccc(C(I)C(=O)O)cc1. The standard InChI is InChI=1S/C9H7IO4/c10-7(9(13)14)5-1-3-6(4-2-5)8(11)12/h1-4,7H,(H,11,12)(H,13,14). The van der Waals surface area contributed by atoms with Gasteiger partial charge in [-0.15, -0.1) is 0 Å². The van der Waals surface area contributed by atoms with Crippen molar-refractivity contribution in [3.63, 3.8) is 0 Å². The van der Waals surface area contributed by atoms with E-state index >= 15 is 0 Å². The first kappa shape index (κ1) is 11.0. The van der Waals surface area contributed by atoms with Gasteiger partial charge in [0, 0.05) is 0 Å². The fourth-order valence-corrected chi connectivity index (χ4v) is 1.35. The molecule has 0 aromatic heterocycles. The summed E-state index contributed by atoms with van der Waals surface area (Å²) in [6, 6.07) is 5.81. The molecule has 0 aliphatic heterocycles. The molecular formula is C9H7IO4. The van der Waals surface area contributed by atoms with Crippen LogP contribution in [0.1, 0.15) is 19.8 Å². The average molecular weight is 306 g/mol. The van der Waals surface area contributed by atoms with Gasteiger partial charge in [-0.2, -0.15) is 0 Å². The van der Waals surface area contributed by atoms with Gasteiger partial charge in [0.15, 0.2) is 0 Å². The maximum atomic E-state index is 10.6. The maximum Gasteiger partial charge on any atom is 0.335 e. The first-order valence-electron chi connectivity index (χ1n) is 3.72. The number of halogens is 1. The number of carbonyl (C=O) groups is 2. The van der Waals surface area contributed by atoms with Crippen molar-refractivity contribution in [3.8, 4) is 0 Å². The topological polar surface area (TPSA) is 74.6 Å². The highest BCUT2D eigenvalue weighted by Crippen LogP contribution is 2.23. The van der Waals surface area contributed by atoms with Crippen molar-refractivity contribution in [2.75, 3.05) is 0 Å². The van der Waals surface area contributed by atoms with Crippen LogP contribution in [0.15, 0.2) is 24.3 Å². The Balaban J connectivity index is 2.94. The summed E-state index contributed by atoms with van der Waals surface area (Å²) < 4.78 is -0.643. The Hall–Kier alpha value is -1.11. The van der Waals surface area contributed by atoms with Gasteiger partial charge in [0.1, 0.15) is 3.92 Å². The molecule has 0 spiro atoms. The lowest BCUT2D eigenvalue weighted by Crippen LogP contribution is -2.04. The molecule has 4 nitrogen and oxygen atoms in total. The fraction of sp³-hybridized carbons (Fsp3) is 0.111. The Morgan fingerprint density at radius 1 is 1.14 bits per heavy atom. The highest BCUT2D eigenvalue weighted by atomic mass is 127. The van der Waals surface area contributed by atoms with Crippen LogP contribution in [0.4, 0.5) is 0 Å². The minimum absolute atomic E-state index is 0.155. The normalized spacial score (nSPS) is 12.1. The van der Waals surface area contributed by atoms with E-state index in [0.717, 1.165) is 0 Å². The molecule has 0 saturated carbocycles. The van der Waals surface area contributed by atoms with Crippen molar-refractivity contribution in [1.82, 2.24) is 0 Å². The molecule has 1 rings (SSSR count). The summed E-state index contributed by atoms with van der Waals surface area (Å²) in [5, 5.41) is 17.3. The zero-order valence-corrected chi connectivity index (χ0v) is 9.13. The summed E-state index contributed by atoms with van der Waals surface area (Å²) in [6.45, 7) is 0. The molecule has 1 aromatic rings. The molecule has 1 aromatic carbocycles. The number of hydrogen-bond acceptors (Lipinski definition) is 2. The molecule has 1 unspecified atom stereocenters. The molecule has 0 aliphatic carbocycles. The van der Waals surface area contributed by atoms with Crippen molar-refractivity contribution >= 4 is 34.5 Å². The number of alkyl halides is 1. The van der Waals surface area contributed by atoms with Crippen molar-refractivity contribution in [3.05, 3.63) is 35.4 Å². The molecule has 0 fully saturated rings. The first-order chi connectivity index (χ1) is 6.52. The lowest BCUT2D eigenvalue weighted by atomic mass is 10.1. The average Bonchev–Trinajstić information content (AvgIpc) is 2.16. The highest BCUT2D eigenvalue weighted by molar-refractivity contribution is 14.1. The van der Waals surface area contributed by atoms with E-state index in [2.05, 4.69) is 0 Å². The van der Waals surface area contributed by atoms with Crippen LogP contribution in [0, 0.1) is 0 Å². The molecule has 0 radical (unpaired) electrons. The van der Waals surface area contributed by atoms with Gasteiger partial charge >= 0.3 is 11.9 Å². The first-order valence-corrected chi connectivity index (χ1v) is 4.97. The molecule has 0 aliphatic rings. The number of aliphatic carboxylic acids is 1. The van der Waals surface area contributed by atoms with Crippen LogP contribution < -0.4 is 0 Å². The van der Waals surface area contributed by atoms with Gasteiger partial charge in [0.05, 0.1) is 5.56 Å². The smallest absolute Gasteiger partial charge is 0.335 e. The van der Waals surface area contributed by atoms with Crippen LogP contribution in [0.5, 0.6) is 0 Å². The molecule has 5 heteroatoms. The van der Waals surface area contributed by atoms with Gasteiger partial charge in [-0.3, -0.25) is 4.79 Å². The van der Waals surface area contributed by atoms with Crippen molar-refractivity contribution in [1.29, 1.82) is 0 Å². The highest BCUT2D eigenvalue weighted by Gasteiger charge is 2.15. The summed E-state index contributed by atoms with van der Waals surface area (Å²) in [4.78, 5) is 21.1. The van der Waals surface area contributed by atoms with Gasteiger partial charge < -0.3 is 10.2 Å². The summed E-state index contributed by atoms with van der Waals surface area (Å²) in [6.07, 6.45) is 0. The van der Waals surface area contributed by atoms with Gasteiger partial charge in [-0.25, -0.2) is 4.79 Å². The van der Waals surface area contributed by atoms with Crippen LogP contribution in [-0.4, -0.2) is 22.2 Å². The Kier molecular flexibility index (Phi) is 3.45. The predicted molar refractivity (Wildman–Crippen MR) is 57.8 cm³/mol. The summed E-state index contributed by atoms with van der Waals surface area (Å²) in [5.74, 6) is -1.95. The number of rotatable bonds is 3. The number of aromatic carboxylic acids is 1. The van der Waals surface area contributed by atoms with Crippen LogP contribution in [0.3, 0.4) is 0 Å². The Morgan fingerprint density at radius 3 is 2.00 bits per heavy atom. The summed E-state index contributed by atoms with van der Waals surface area (Å²) >= 11 is 1.78. The largest absolute Gasteiger partial charge is 0.480 e. The monoisotopic (exact) mass is 306 g/mol. The molecule has 0 bridgehead atoms. The van der Waals surface area contributed by atoms with Gasteiger partial charge in [-0.05, 0) is 17.7 Å². The number of benzene rings is 1. The minimum Gasteiger partial charge on any atom is -0.480 e. The predicted octanol–water partition coefficient (Wildman–Crippen LogP) is 1.95. The molecule has 2 N–H and O–H groups in total. The van der Waals surface area contributed by atoms with Crippen molar-refractivity contribution < 1.29 is 19.8 Å². The minimum atomic E-state index is -1.02. The molecular weight excluding hydrogens is 299 g/mol. The Labute approximate surface area is 93.7 Å². The van der Waals surface area contributed by atoms with E-state index in [4.69, 9.17) is 10.2 Å². The van der Waals surface area contributed by atoms with E-state index in [1.807, 2.05) is 0 Å². The molecule has 14 heavy (non-hydrogen) atoms. The zero-order valence-electron chi connectivity index (χ0n) is 6.98. The Morgan fingerprint density at radius 2 is 1.64 bits per heavy atom. The third kappa shape index (κ3) is 2.44. The van der Waals surface area contributed by atoms with Crippen LogP contribution in [0.25, 0.3) is 0 Å². The second-order valence-corrected chi connectivity index (χ2v) is 3.87. The van der Waals surface area contributed by atoms with Crippen LogP contribution >= 0.6 is 22.6 Å². The summed E-state index contributed by atoms with van der Waals surface area (Å²) in [5.41, 5.74) is 0.742. The van der Waals surface area contributed by atoms with Gasteiger partial charge in [0.2, 0.25) is 0 Å². The fourth-order valence-electron chi connectivity index (χ4n) is 0.937. The van der Waals surface area contributed by atoms with E-state index in [1.165, 1.54) is 24.3 Å². The van der Waals surface area contributed by atoms with E-state index in [9.17, 15) is 9.59 Å².